The number of nitrogens with one attached hydrogen (secondary N) is 1. The van der Waals surface area contributed by atoms with Crippen molar-refractivity contribution in [2.45, 2.75) is 32.2 Å². The van der Waals surface area contributed by atoms with Crippen LogP contribution in [0.2, 0.25) is 0 Å². The molecule has 0 saturated carbocycles. The first-order valence-corrected chi connectivity index (χ1v) is 8.22. The highest BCUT2D eigenvalue weighted by Crippen LogP contribution is 2.24. The molecule has 1 N–H and O–H groups in total. The predicted octanol–water partition coefficient (Wildman–Crippen LogP) is 2.94. The van der Waals surface area contributed by atoms with Gasteiger partial charge in [-0.2, -0.15) is 0 Å². The second-order valence-corrected chi connectivity index (χ2v) is 6.03. The summed E-state index contributed by atoms with van der Waals surface area (Å²) in [5, 5.41) is 3.02. The molecule has 0 aliphatic carbocycles. The third kappa shape index (κ3) is 3.99. The summed E-state index contributed by atoms with van der Waals surface area (Å²) in [7, 11) is 0. The third-order valence-electron chi connectivity index (χ3n) is 4.33. The molecule has 2 aromatic heterocycles. The lowest BCUT2D eigenvalue weighted by molar-refractivity contribution is 0.0913. The average molecular weight is 313 g/mol. The first kappa shape index (κ1) is 15.7. The Morgan fingerprint density at radius 2 is 2.13 bits per heavy atom. The zero-order valence-corrected chi connectivity index (χ0v) is 13.5. The maximum atomic E-state index is 12.3. The van der Waals surface area contributed by atoms with Gasteiger partial charge in [-0.1, -0.05) is 6.42 Å². The lowest BCUT2D eigenvalue weighted by Gasteiger charge is -2.33. The molecule has 0 bridgehead atoms. The van der Waals surface area contributed by atoms with Gasteiger partial charge in [-0.25, -0.2) is 0 Å². The number of nitrogens with zero attached hydrogens (tertiary/aromatic N) is 2. The van der Waals surface area contributed by atoms with Gasteiger partial charge in [0, 0.05) is 18.4 Å². The van der Waals surface area contributed by atoms with Crippen LogP contribution in [0.25, 0.3) is 0 Å². The Balaban J connectivity index is 1.66. The van der Waals surface area contributed by atoms with Crippen LogP contribution >= 0.6 is 0 Å². The number of likely N-dealkylation sites (tertiary alicyclic amines) is 1. The largest absolute Gasteiger partial charge is 0.468 e. The Hall–Kier alpha value is -2.14. The fourth-order valence-electron chi connectivity index (χ4n) is 3.01. The molecule has 2 aromatic rings. The molecule has 0 radical (unpaired) electrons. The van der Waals surface area contributed by atoms with E-state index in [0.29, 0.717) is 12.1 Å². The van der Waals surface area contributed by atoms with Gasteiger partial charge in [0.1, 0.15) is 5.76 Å². The number of aryl methyl sites for hydroxylation is 1. The van der Waals surface area contributed by atoms with Crippen molar-refractivity contribution in [3.05, 3.63) is 53.7 Å². The Morgan fingerprint density at radius 3 is 2.78 bits per heavy atom. The summed E-state index contributed by atoms with van der Waals surface area (Å²) in [6, 6.07) is 7.63. The van der Waals surface area contributed by atoms with Gasteiger partial charge in [-0.3, -0.25) is 14.7 Å². The number of piperidine rings is 1. The van der Waals surface area contributed by atoms with Gasteiger partial charge in [0.15, 0.2) is 0 Å². The minimum Gasteiger partial charge on any atom is -0.468 e. The van der Waals surface area contributed by atoms with Gasteiger partial charge in [-0.05, 0) is 57.1 Å². The second-order valence-electron chi connectivity index (χ2n) is 6.03. The molecule has 1 fully saturated rings. The number of pyridine rings is 1. The summed E-state index contributed by atoms with van der Waals surface area (Å²) >= 11 is 0. The topological polar surface area (TPSA) is 58.4 Å². The van der Waals surface area contributed by atoms with Crippen molar-refractivity contribution in [2.75, 3.05) is 19.6 Å². The predicted molar refractivity (Wildman–Crippen MR) is 88.2 cm³/mol. The molecule has 5 heteroatoms. The number of aromatic nitrogens is 1. The molecular weight excluding hydrogens is 290 g/mol. The van der Waals surface area contributed by atoms with Crippen LogP contribution in [0.5, 0.6) is 0 Å². The average Bonchev–Trinajstić information content (AvgIpc) is 3.11. The first-order valence-electron chi connectivity index (χ1n) is 8.22. The van der Waals surface area contributed by atoms with E-state index < -0.39 is 0 Å². The van der Waals surface area contributed by atoms with E-state index in [9.17, 15) is 4.79 Å². The van der Waals surface area contributed by atoms with E-state index in [2.05, 4.69) is 15.2 Å². The minimum absolute atomic E-state index is 0.0904. The van der Waals surface area contributed by atoms with Crippen LogP contribution < -0.4 is 5.32 Å². The highest BCUT2D eigenvalue weighted by Gasteiger charge is 2.25. The number of rotatable bonds is 5. The van der Waals surface area contributed by atoms with Gasteiger partial charge in [0.2, 0.25) is 0 Å². The van der Waals surface area contributed by atoms with Crippen LogP contribution in [-0.2, 0) is 0 Å². The van der Waals surface area contributed by atoms with E-state index in [1.54, 1.807) is 18.5 Å². The normalized spacial score (nSPS) is 16.9. The summed E-state index contributed by atoms with van der Waals surface area (Å²) in [5.41, 5.74) is 1.50. The van der Waals surface area contributed by atoms with Gasteiger partial charge in [-0.15, -0.1) is 0 Å². The molecule has 1 aliphatic rings. The second kappa shape index (κ2) is 7.42. The molecule has 3 heterocycles. The summed E-state index contributed by atoms with van der Waals surface area (Å²) in [5.74, 6) is 0.820. The number of carbonyl (C=O) groups excluding carboxylic acids is 1. The molecule has 23 heavy (non-hydrogen) atoms. The highest BCUT2D eigenvalue weighted by atomic mass is 16.3. The van der Waals surface area contributed by atoms with E-state index in [1.165, 1.54) is 19.3 Å². The number of carbonyl (C=O) groups is 1. The summed E-state index contributed by atoms with van der Waals surface area (Å²) in [6.45, 7) is 4.55. The standard InChI is InChI=1S/C18H23N3O2/c1-14-7-8-15(12-19-14)18(22)20-13-16(17-6-5-11-23-17)21-9-3-2-4-10-21/h5-8,11-12,16H,2-4,9-10,13H2,1H3,(H,20,22). The molecule has 122 valence electrons. The first-order chi connectivity index (χ1) is 11.2. The molecule has 3 rings (SSSR count). The van der Waals surface area contributed by atoms with Gasteiger partial charge in [0.25, 0.3) is 5.91 Å². The SMILES string of the molecule is Cc1ccc(C(=O)NCC(c2ccco2)N2CCCCC2)cn1. The molecule has 1 amide bonds. The number of hydrogen-bond acceptors (Lipinski definition) is 4. The van der Waals surface area contributed by atoms with Crippen molar-refractivity contribution in [3.8, 4) is 0 Å². The van der Waals surface area contributed by atoms with Crippen molar-refractivity contribution < 1.29 is 9.21 Å². The molecule has 1 aliphatic heterocycles. The fourth-order valence-corrected chi connectivity index (χ4v) is 3.01. The molecule has 0 aromatic carbocycles. The molecular formula is C18H23N3O2. The van der Waals surface area contributed by atoms with E-state index in [4.69, 9.17) is 4.42 Å². The maximum absolute atomic E-state index is 12.3. The summed E-state index contributed by atoms with van der Waals surface area (Å²) < 4.78 is 5.60. The molecule has 1 saturated heterocycles. The van der Waals surface area contributed by atoms with Crippen LogP contribution in [0, 0.1) is 6.92 Å². The number of amides is 1. The Labute approximate surface area is 136 Å². The van der Waals surface area contributed by atoms with Crippen LogP contribution in [0.15, 0.2) is 41.1 Å². The molecule has 5 nitrogen and oxygen atoms in total. The zero-order valence-electron chi connectivity index (χ0n) is 13.5. The Bertz CT molecular complexity index is 616. The lowest BCUT2D eigenvalue weighted by Crippen LogP contribution is -2.40. The van der Waals surface area contributed by atoms with Gasteiger partial charge in [0.05, 0.1) is 17.9 Å². The molecule has 0 spiro atoms. The fraction of sp³-hybridized carbons (Fsp3) is 0.444. The zero-order chi connectivity index (χ0) is 16.1. The van der Waals surface area contributed by atoms with E-state index in [1.807, 2.05) is 25.1 Å². The molecule has 1 unspecified atom stereocenters. The van der Waals surface area contributed by atoms with Crippen molar-refractivity contribution >= 4 is 5.91 Å². The van der Waals surface area contributed by atoms with Crippen LogP contribution in [-0.4, -0.2) is 35.4 Å². The van der Waals surface area contributed by atoms with Crippen LogP contribution in [0.3, 0.4) is 0 Å². The minimum atomic E-state index is -0.0916. The Kier molecular flexibility index (Phi) is 5.08. The maximum Gasteiger partial charge on any atom is 0.252 e. The molecule has 1 atom stereocenters. The van der Waals surface area contributed by atoms with Crippen LogP contribution in [0.4, 0.5) is 0 Å². The van der Waals surface area contributed by atoms with Crippen molar-refractivity contribution in [1.82, 2.24) is 15.2 Å². The van der Waals surface area contributed by atoms with Gasteiger partial charge >= 0.3 is 0 Å². The number of hydrogen-bond donors (Lipinski definition) is 1. The highest BCUT2D eigenvalue weighted by molar-refractivity contribution is 5.93. The summed E-state index contributed by atoms with van der Waals surface area (Å²) in [4.78, 5) is 18.9. The number of furan rings is 1. The Morgan fingerprint density at radius 1 is 1.30 bits per heavy atom. The summed E-state index contributed by atoms with van der Waals surface area (Å²) in [6.07, 6.45) is 6.99. The van der Waals surface area contributed by atoms with Gasteiger partial charge < -0.3 is 9.73 Å². The third-order valence-corrected chi connectivity index (χ3v) is 4.33. The van der Waals surface area contributed by atoms with E-state index in [0.717, 1.165) is 24.5 Å². The van der Waals surface area contributed by atoms with Crippen molar-refractivity contribution in [3.63, 3.8) is 0 Å². The van der Waals surface area contributed by atoms with E-state index in [-0.39, 0.29) is 11.9 Å². The van der Waals surface area contributed by atoms with Crippen molar-refractivity contribution in [2.24, 2.45) is 0 Å². The monoisotopic (exact) mass is 313 g/mol. The van der Waals surface area contributed by atoms with Crippen LogP contribution in [0.1, 0.15) is 47.1 Å². The smallest absolute Gasteiger partial charge is 0.252 e. The van der Waals surface area contributed by atoms with Crippen molar-refractivity contribution in [1.29, 1.82) is 0 Å². The quantitative estimate of drug-likeness (QED) is 0.922. The lowest BCUT2D eigenvalue weighted by atomic mass is 10.1. The van der Waals surface area contributed by atoms with E-state index >= 15 is 0 Å².